The minimum Gasteiger partial charge on any atom is -0.444 e. The Labute approximate surface area is 134 Å². The fourth-order valence-electron chi connectivity index (χ4n) is 3.19. The van der Waals surface area contributed by atoms with Gasteiger partial charge in [0.15, 0.2) is 0 Å². The van der Waals surface area contributed by atoms with Gasteiger partial charge in [0.1, 0.15) is 5.60 Å². The van der Waals surface area contributed by atoms with Crippen LogP contribution < -0.4 is 5.32 Å². The highest BCUT2D eigenvalue weighted by molar-refractivity contribution is 5.68. The number of hydrogen-bond acceptors (Lipinski definition) is 4. The van der Waals surface area contributed by atoms with E-state index in [0.29, 0.717) is 17.9 Å². The quantitative estimate of drug-likeness (QED) is 0.848. The molecule has 5 heteroatoms. The van der Waals surface area contributed by atoms with Crippen LogP contribution in [0.4, 0.5) is 4.79 Å². The predicted molar refractivity (Wildman–Crippen MR) is 86.9 cm³/mol. The Kier molecular flexibility index (Phi) is 6.09. The summed E-state index contributed by atoms with van der Waals surface area (Å²) in [5.41, 5.74) is -0.407. The molecule has 22 heavy (non-hydrogen) atoms. The van der Waals surface area contributed by atoms with Gasteiger partial charge in [-0.1, -0.05) is 0 Å². The van der Waals surface area contributed by atoms with Crippen molar-refractivity contribution in [3.8, 4) is 0 Å². The zero-order valence-electron chi connectivity index (χ0n) is 14.6. The lowest BCUT2D eigenvalue weighted by atomic mass is 9.99. The Morgan fingerprint density at radius 2 is 2.18 bits per heavy atom. The summed E-state index contributed by atoms with van der Waals surface area (Å²) in [6.07, 6.45) is 3.21. The maximum absolute atomic E-state index is 12.0. The summed E-state index contributed by atoms with van der Waals surface area (Å²) < 4.78 is 10.9. The standard InChI is InChI=1S/C17H32N2O3/c1-13(15-7-10-21-12-15)18-8-5-14-6-9-19(11-14)16(20)22-17(2,3)4/h13-15,18H,5-12H2,1-4H3. The highest BCUT2D eigenvalue weighted by Gasteiger charge is 2.29. The molecule has 128 valence electrons. The van der Waals surface area contributed by atoms with E-state index in [4.69, 9.17) is 9.47 Å². The molecule has 0 saturated carbocycles. The van der Waals surface area contributed by atoms with E-state index in [1.54, 1.807) is 0 Å². The second kappa shape index (κ2) is 7.64. The third-order valence-electron chi connectivity index (χ3n) is 4.63. The summed E-state index contributed by atoms with van der Waals surface area (Å²) in [6.45, 7) is 12.5. The lowest BCUT2D eigenvalue weighted by Crippen LogP contribution is -2.36. The summed E-state index contributed by atoms with van der Waals surface area (Å²) in [5, 5.41) is 3.62. The van der Waals surface area contributed by atoms with Crippen LogP contribution in [0.5, 0.6) is 0 Å². The molecule has 0 radical (unpaired) electrons. The molecule has 0 aromatic rings. The number of nitrogens with one attached hydrogen (secondary N) is 1. The normalized spacial score (nSPS) is 27.2. The first-order valence-electron chi connectivity index (χ1n) is 8.64. The highest BCUT2D eigenvalue weighted by atomic mass is 16.6. The maximum atomic E-state index is 12.0. The number of nitrogens with zero attached hydrogens (tertiary/aromatic N) is 1. The molecular formula is C17H32N2O3. The molecule has 0 aromatic heterocycles. The molecule has 5 nitrogen and oxygen atoms in total. The van der Waals surface area contributed by atoms with Crippen molar-refractivity contribution < 1.29 is 14.3 Å². The summed E-state index contributed by atoms with van der Waals surface area (Å²) in [5.74, 6) is 1.24. The van der Waals surface area contributed by atoms with E-state index in [1.165, 1.54) is 6.42 Å². The molecule has 0 spiro atoms. The lowest BCUT2D eigenvalue weighted by Gasteiger charge is -2.24. The van der Waals surface area contributed by atoms with Crippen molar-refractivity contribution in [2.24, 2.45) is 11.8 Å². The van der Waals surface area contributed by atoms with Crippen LogP contribution in [-0.4, -0.2) is 55.5 Å². The number of carbonyl (C=O) groups is 1. The van der Waals surface area contributed by atoms with Gasteiger partial charge in [0.2, 0.25) is 0 Å². The number of ether oxygens (including phenoxy) is 2. The number of likely N-dealkylation sites (tertiary alicyclic amines) is 1. The molecule has 1 N–H and O–H groups in total. The summed E-state index contributed by atoms with van der Waals surface area (Å²) in [4.78, 5) is 13.9. The monoisotopic (exact) mass is 312 g/mol. The van der Waals surface area contributed by atoms with Gasteiger partial charge >= 0.3 is 6.09 Å². The van der Waals surface area contributed by atoms with E-state index in [2.05, 4.69) is 12.2 Å². The number of hydrogen-bond donors (Lipinski definition) is 1. The second-order valence-electron chi connectivity index (χ2n) is 7.74. The number of rotatable bonds is 5. The van der Waals surface area contributed by atoms with Crippen molar-refractivity contribution in [1.29, 1.82) is 0 Å². The first kappa shape index (κ1) is 17.5. The molecule has 3 atom stereocenters. The molecule has 0 aliphatic carbocycles. The van der Waals surface area contributed by atoms with Crippen molar-refractivity contribution in [3.05, 3.63) is 0 Å². The van der Waals surface area contributed by atoms with Gasteiger partial charge in [0.25, 0.3) is 0 Å². The van der Waals surface area contributed by atoms with Crippen molar-refractivity contribution in [1.82, 2.24) is 10.2 Å². The SMILES string of the molecule is CC(NCCC1CCN(C(=O)OC(C)(C)C)C1)C1CCOC1. The fourth-order valence-corrected chi connectivity index (χ4v) is 3.19. The van der Waals surface area contributed by atoms with Gasteiger partial charge in [-0.15, -0.1) is 0 Å². The second-order valence-corrected chi connectivity index (χ2v) is 7.74. The lowest BCUT2D eigenvalue weighted by molar-refractivity contribution is 0.0287. The van der Waals surface area contributed by atoms with Crippen LogP contribution in [0.1, 0.15) is 47.0 Å². The first-order chi connectivity index (χ1) is 10.3. The third kappa shape index (κ3) is 5.43. The minimum atomic E-state index is -0.407. The van der Waals surface area contributed by atoms with Crippen LogP contribution in [0.15, 0.2) is 0 Å². The molecule has 0 aromatic carbocycles. The predicted octanol–water partition coefficient (Wildman–Crippen LogP) is 2.65. The number of amides is 1. The summed E-state index contributed by atoms with van der Waals surface area (Å²) >= 11 is 0. The van der Waals surface area contributed by atoms with E-state index >= 15 is 0 Å². The fraction of sp³-hybridized carbons (Fsp3) is 0.941. The minimum absolute atomic E-state index is 0.167. The van der Waals surface area contributed by atoms with Crippen LogP contribution in [0.2, 0.25) is 0 Å². The van der Waals surface area contributed by atoms with Crippen molar-refractivity contribution >= 4 is 6.09 Å². The van der Waals surface area contributed by atoms with Crippen LogP contribution >= 0.6 is 0 Å². The van der Waals surface area contributed by atoms with Gasteiger partial charge in [-0.3, -0.25) is 0 Å². The molecular weight excluding hydrogens is 280 g/mol. The average Bonchev–Trinajstić information content (AvgIpc) is 3.08. The zero-order valence-corrected chi connectivity index (χ0v) is 14.6. The molecule has 0 bridgehead atoms. The Bertz CT molecular complexity index is 361. The molecule has 2 fully saturated rings. The smallest absolute Gasteiger partial charge is 0.410 e. The largest absolute Gasteiger partial charge is 0.444 e. The highest BCUT2D eigenvalue weighted by Crippen LogP contribution is 2.22. The Hall–Kier alpha value is -0.810. The average molecular weight is 312 g/mol. The van der Waals surface area contributed by atoms with Crippen molar-refractivity contribution in [2.75, 3.05) is 32.8 Å². The van der Waals surface area contributed by atoms with Crippen molar-refractivity contribution in [3.63, 3.8) is 0 Å². The summed E-state index contributed by atoms with van der Waals surface area (Å²) in [7, 11) is 0. The molecule has 2 aliphatic heterocycles. The molecule has 2 rings (SSSR count). The van der Waals surface area contributed by atoms with Gasteiger partial charge in [0, 0.05) is 25.7 Å². The Balaban J connectivity index is 1.63. The molecule has 1 amide bonds. The summed E-state index contributed by atoms with van der Waals surface area (Å²) in [6, 6.07) is 0.519. The Morgan fingerprint density at radius 1 is 1.41 bits per heavy atom. The van der Waals surface area contributed by atoms with E-state index in [1.807, 2.05) is 25.7 Å². The van der Waals surface area contributed by atoms with Crippen LogP contribution in [-0.2, 0) is 9.47 Å². The zero-order chi connectivity index (χ0) is 16.2. The van der Waals surface area contributed by atoms with Gasteiger partial charge in [-0.2, -0.15) is 0 Å². The maximum Gasteiger partial charge on any atom is 0.410 e. The molecule has 3 unspecified atom stereocenters. The van der Waals surface area contributed by atoms with Gasteiger partial charge in [0.05, 0.1) is 6.61 Å². The number of carbonyl (C=O) groups excluding carboxylic acids is 1. The van der Waals surface area contributed by atoms with Gasteiger partial charge < -0.3 is 19.7 Å². The van der Waals surface area contributed by atoms with E-state index in [9.17, 15) is 4.79 Å². The van der Waals surface area contributed by atoms with Gasteiger partial charge in [-0.05, 0) is 65.3 Å². The molecule has 2 heterocycles. The van der Waals surface area contributed by atoms with Crippen LogP contribution in [0, 0.1) is 11.8 Å². The first-order valence-corrected chi connectivity index (χ1v) is 8.64. The van der Waals surface area contributed by atoms with E-state index < -0.39 is 5.60 Å². The Morgan fingerprint density at radius 3 is 2.82 bits per heavy atom. The van der Waals surface area contributed by atoms with E-state index in [0.717, 1.165) is 45.7 Å². The van der Waals surface area contributed by atoms with E-state index in [-0.39, 0.29) is 6.09 Å². The third-order valence-corrected chi connectivity index (χ3v) is 4.63. The molecule has 2 saturated heterocycles. The van der Waals surface area contributed by atoms with Gasteiger partial charge in [-0.25, -0.2) is 4.79 Å². The van der Waals surface area contributed by atoms with Crippen LogP contribution in [0.25, 0.3) is 0 Å². The van der Waals surface area contributed by atoms with Crippen LogP contribution in [0.3, 0.4) is 0 Å². The topological polar surface area (TPSA) is 50.8 Å². The molecule has 2 aliphatic rings. The van der Waals surface area contributed by atoms with Crippen molar-refractivity contribution in [2.45, 2.75) is 58.6 Å².